The van der Waals surface area contributed by atoms with Crippen molar-refractivity contribution < 1.29 is 0 Å². The highest BCUT2D eigenvalue weighted by Crippen LogP contribution is 2.40. The minimum absolute atomic E-state index is 0.272. The Balaban J connectivity index is 1.35. The van der Waals surface area contributed by atoms with Gasteiger partial charge in [-0.3, -0.25) is 0 Å². The average molecular weight is 489 g/mol. The van der Waals surface area contributed by atoms with E-state index in [4.69, 9.17) is 11.6 Å². The zero-order valence-corrected chi connectivity index (χ0v) is 20.1. The molecular formula is C24H25ClN10. The third kappa shape index (κ3) is 3.99. The first-order chi connectivity index (χ1) is 17.0. The molecule has 0 spiro atoms. The van der Waals surface area contributed by atoms with Gasteiger partial charge in [0.05, 0.1) is 34.2 Å². The Morgan fingerprint density at radius 3 is 2.74 bits per heavy atom. The van der Waals surface area contributed by atoms with E-state index in [-0.39, 0.29) is 5.95 Å². The van der Waals surface area contributed by atoms with Crippen LogP contribution in [0.5, 0.6) is 0 Å². The van der Waals surface area contributed by atoms with Crippen LogP contribution in [0.4, 0.5) is 23.1 Å². The van der Waals surface area contributed by atoms with E-state index in [0.29, 0.717) is 51.4 Å². The van der Waals surface area contributed by atoms with Crippen LogP contribution in [0.2, 0.25) is 5.02 Å². The van der Waals surface area contributed by atoms with E-state index in [1.165, 1.54) is 17.1 Å². The molecule has 6 rings (SSSR count). The number of halogens is 1. The molecule has 0 radical (unpaired) electrons. The molecule has 2 unspecified atom stereocenters. The summed E-state index contributed by atoms with van der Waals surface area (Å²) in [6.45, 7) is 2.93. The maximum atomic E-state index is 9.72. The second-order valence-corrected chi connectivity index (χ2v) is 10.00. The van der Waals surface area contributed by atoms with Crippen LogP contribution in [0.25, 0.3) is 5.65 Å². The number of nitriles is 2. The van der Waals surface area contributed by atoms with Gasteiger partial charge in [0.2, 0.25) is 5.95 Å². The molecule has 11 heteroatoms. The molecule has 3 fully saturated rings. The Bertz CT molecular complexity index is 1380. The Hall–Kier alpha value is -3.60. The number of nitrogens with one attached hydrogen (secondary N) is 2. The van der Waals surface area contributed by atoms with E-state index >= 15 is 0 Å². The first-order valence-electron chi connectivity index (χ1n) is 11.9. The first-order valence-corrected chi connectivity index (χ1v) is 12.3. The van der Waals surface area contributed by atoms with E-state index < -0.39 is 0 Å². The van der Waals surface area contributed by atoms with Crippen LogP contribution in [0, 0.1) is 28.6 Å². The van der Waals surface area contributed by atoms with Crippen molar-refractivity contribution in [2.45, 2.75) is 37.8 Å². The van der Waals surface area contributed by atoms with E-state index in [2.05, 4.69) is 54.7 Å². The van der Waals surface area contributed by atoms with Gasteiger partial charge in [-0.25, -0.2) is 4.98 Å². The maximum Gasteiger partial charge on any atom is 0.247 e. The highest BCUT2D eigenvalue weighted by Gasteiger charge is 2.37. The van der Waals surface area contributed by atoms with Gasteiger partial charge in [0.25, 0.3) is 0 Å². The van der Waals surface area contributed by atoms with Crippen molar-refractivity contribution in [2.24, 2.45) is 5.92 Å². The number of piperidine rings is 1. The van der Waals surface area contributed by atoms with Crippen LogP contribution < -0.4 is 15.5 Å². The molecule has 3 aromatic rings. The Labute approximate surface area is 208 Å². The molecule has 2 aromatic heterocycles. The van der Waals surface area contributed by atoms with E-state index in [1.54, 1.807) is 6.07 Å². The summed E-state index contributed by atoms with van der Waals surface area (Å²) < 4.78 is 1.48. The fourth-order valence-corrected chi connectivity index (χ4v) is 5.56. The van der Waals surface area contributed by atoms with Crippen LogP contribution >= 0.6 is 11.6 Å². The van der Waals surface area contributed by atoms with Gasteiger partial charge in [0.15, 0.2) is 17.2 Å². The van der Waals surface area contributed by atoms with Crippen molar-refractivity contribution in [3.8, 4) is 12.1 Å². The minimum atomic E-state index is 0.272. The summed E-state index contributed by atoms with van der Waals surface area (Å²) in [5, 5.41) is 30.8. The molecule has 2 N–H and O–H groups in total. The van der Waals surface area contributed by atoms with E-state index in [9.17, 15) is 10.5 Å². The first kappa shape index (κ1) is 21.9. The molecule has 10 nitrogen and oxygen atoms in total. The molecule has 1 aromatic carbocycles. The smallest absolute Gasteiger partial charge is 0.247 e. The predicted octanol–water partition coefficient (Wildman–Crippen LogP) is 3.37. The number of nitrogens with zero attached hydrogens (tertiary/aromatic N) is 8. The largest absolute Gasteiger partial charge is 0.370 e. The Kier molecular flexibility index (Phi) is 5.36. The van der Waals surface area contributed by atoms with Crippen molar-refractivity contribution in [3.05, 3.63) is 34.6 Å². The molecule has 2 saturated heterocycles. The number of benzene rings is 1. The number of fused-ring (bicyclic) bond motifs is 2. The molecular weight excluding hydrogens is 464 g/mol. The molecule has 2 atom stereocenters. The molecule has 0 amide bonds. The lowest BCUT2D eigenvalue weighted by atomic mass is 9.92. The summed E-state index contributed by atoms with van der Waals surface area (Å²) in [7, 11) is 2.20. The van der Waals surface area contributed by atoms with Crippen molar-refractivity contribution in [2.75, 3.05) is 42.2 Å². The zero-order valence-electron chi connectivity index (χ0n) is 19.4. The number of hydrogen-bond donors (Lipinski definition) is 2. The molecule has 4 heterocycles. The summed E-state index contributed by atoms with van der Waals surface area (Å²) in [6.07, 6.45) is 5.87. The van der Waals surface area contributed by atoms with Crippen molar-refractivity contribution in [1.29, 1.82) is 10.5 Å². The van der Waals surface area contributed by atoms with Gasteiger partial charge in [-0.2, -0.15) is 20.0 Å². The number of anilines is 4. The van der Waals surface area contributed by atoms with Crippen molar-refractivity contribution >= 4 is 40.4 Å². The lowest BCUT2D eigenvalue weighted by Gasteiger charge is -2.39. The summed E-state index contributed by atoms with van der Waals surface area (Å²) >= 11 is 6.92. The number of hydrogen-bond acceptors (Lipinski definition) is 9. The lowest BCUT2D eigenvalue weighted by molar-refractivity contribution is 0.239. The second-order valence-electron chi connectivity index (χ2n) is 9.62. The molecule has 2 aliphatic heterocycles. The topological polar surface area (TPSA) is 121 Å². The van der Waals surface area contributed by atoms with E-state index in [0.717, 1.165) is 44.6 Å². The monoisotopic (exact) mass is 488 g/mol. The van der Waals surface area contributed by atoms with Crippen LogP contribution in [-0.4, -0.2) is 63.2 Å². The zero-order chi connectivity index (χ0) is 24.1. The SMILES string of the molecule is CN1CCC2CN(c3cc(C#N)cc(Nc4nc(NC5CC5)c5ncc(C#N)n5n4)c3Cl)CCC21. The van der Waals surface area contributed by atoms with Crippen molar-refractivity contribution in [3.63, 3.8) is 0 Å². The highest BCUT2D eigenvalue weighted by atomic mass is 35.5. The summed E-state index contributed by atoms with van der Waals surface area (Å²) in [6, 6.07) is 8.91. The molecule has 0 bridgehead atoms. The fourth-order valence-electron chi connectivity index (χ4n) is 5.28. The average Bonchev–Trinajstić information content (AvgIpc) is 3.47. The molecule has 1 saturated carbocycles. The number of aromatic nitrogens is 4. The molecule has 35 heavy (non-hydrogen) atoms. The van der Waals surface area contributed by atoms with Gasteiger partial charge in [-0.05, 0) is 57.3 Å². The minimum Gasteiger partial charge on any atom is -0.370 e. The third-order valence-electron chi connectivity index (χ3n) is 7.28. The Morgan fingerprint density at radius 1 is 1.11 bits per heavy atom. The standard InChI is InChI=1S/C24H25ClN10/c1-33-6-4-15-13-34(7-5-19(15)33)20-9-14(10-26)8-18(21(20)25)30-24-31-22(29-16-2-3-16)23-28-12-17(11-27)35(23)32-24/h8-9,12,15-16,19H,2-7,13H2,1H3,(H2,29,30,31,32). The van der Waals surface area contributed by atoms with Crippen molar-refractivity contribution in [1.82, 2.24) is 24.5 Å². The lowest BCUT2D eigenvalue weighted by Crippen LogP contribution is -2.45. The number of rotatable bonds is 5. The highest BCUT2D eigenvalue weighted by molar-refractivity contribution is 6.36. The molecule has 178 valence electrons. The van der Waals surface area contributed by atoms with Gasteiger partial charge < -0.3 is 20.4 Å². The van der Waals surface area contributed by atoms with Gasteiger partial charge in [0, 0.05) is 25.2 Å². The fraction of sp³-hybridized carbons (Fsp3) is 0.458. The summed E-state index contributed by atoms with van der Waals surface area (Å²) in [4.78, 5) is 13.7. The second kappa shape index (κ2) is 8.56. The normalized spacial score (nSPS) is 22.0. The van der Waals surface area contributed by atoms with Gasteiger partial charge in [-0.1, -0.05) is 11.6 Å². The van der Waals surface area contributed by atoms with Crippen LogP contribution in [0.15, 0.2) is 18.3 Å². The van der Waals surface area contributed by atoms with E-state index in [1.807, 2.05) is 6.07 Å². The number of likely N-dealkylation sites (tertiary alicyclic amines) is 1. The quantitative estimate of drug-likeness (QED) is 0.556. The molecule has 3 aliphatic rings. The maximum absolute atomic E-state index is 9.72. The van der Waals surface area contributed by atoms with Gasteiger partial charge in [-0.15, -0.1) is 5.10 Å². The number of imidazole rings is 1. The molecule has 1 aliphatic carbocycles. The van der Waals surface area contributed by atoms with Crippen LogP contribution in [0.1, 0.15) is 36.9 Å². The Morgan fingerprint density at radius 2 is 1.97 bits per heavy atom. The predicted molar refractivity (Wildman–Crippen MR) is 133 cm³/mol. The van der Waals surface area contributed by atoms with Crippen LogP contribution in [-0.2, 0) is 0 Å². The summed E-state index contributed by atoms with van der Waals surface area (Å²) in [5.74, 6) is 1.43. The van der Waals surface area contributed by atoms with Gasteiger partial charge >= 0.3 is 0 Å². The van der Waals surface area contributed by atoms with Gasteiger partial charge in [0.1, 0.15) is 6.07 Å². The third-order valence-corrected chi connectivity index (χ3v) is 7.67. The van der Waals surface area contributed by atoms with Crippen LogP contribution in [0.3, 0.4) is 0 Å². The summed E-state index contributed by atoms with van der Waals surface area (Å²) in [5.41, 5.74) is 2.73.